The highest BCUT2D eigenvalue weighted by Crippen LogP contribution is 2.28. The van der Waals surface area contributed by atoms with Gasteiger partial charge in [0.05, 0.1) is 0 Å². The standard InChI is InChI=1S/C19H19NO5/c21-18(22)12-24-15-7-5-13(6-8-15)9-10-20-19(23)17-11-14-3-1-2-4-16(14)25-17/h1-8,17H,9-12H2,(H,20,23)(H,21,22). The maximum absolute atomic E-state index is 12.2. The van der Waals surface area contributed by atoms with Gasteiger partial charge in [0.2, 0.25) is 0 Å². The van der Waals surface area contributed by atoms with E-state index in [-0.39, 0.29) is 12.5 Å². The summed E-state index contributed by atoms with van der Waals surface area (Å²) in [6, 6.07) is 14.8. The van der Waals surface area contributed by atoms with Crippen LogP contribution in [0.3, 0.4) is 0 Å². The van der Waals surface area contributed by atoms with Crippen LogP contribution in [0.15, 0.2) is 48.5 Å². The Morgan fingerprint density at radius 3 is 2.64 bits per heavy atom. The summed E-state index contributed by atoms with van der Waals surface area (Å²) < 4.78 is 10.7. The molecule has 1 heterocycles. The van der Waals surface area contributed by atoms with E-state index in [4.69, 9.17) is 14.6 Å². The summed E-state index contributed by atoms with van der Waals surface area (Å²) >= 11 is 0. The van der Waals surface area contributed by atoms with Gasteiger partial charge >= 0.3 is 5.97 Å². The highest BCUT2D eigenvalue weighted by molar-refractivity contribution is 5.82. The van der Waals surface area contributed by atoms with E-state index >= 15 is 0 Å². The van der Waals surface area contributed by atoms with Crippen LogP contribution in [0.25, 0.3) is 0 Å². The fraction of sp³-hybridized carbons (Fsp3) is 0.263. The molecule has 1 amide bonds. The van der Waals surface area contributed by atoms with E-state index in [1.165, 1.54) is 0 Å². The Bertz CT molecular complexity index is 732. The number of aliphatic carboxylic acids is 1. The smallest absolute Gasteiger partial charge is 0.341 e. The summed E-state index contributed by atoms with van der Waals surface area (Å²) in [5.41, 5.74) is 2.08. The first-order chi connectivity index (χ1) is 12.1. The third-order valence-corrected chi connectivity index (χ3v) is 3.94. The van der Waals surface area contributed by atoms with Gasteiger partial charge < -0.3 is 19.9 Å². The minimum absolute atomic E-state index is 0.113. The predicted molar refractivity (Wildman–Crippen MR) is 90.8 cm³/mol. The van der Waals surface area contributed by atoms with Crippen molar-refractivity contribution >= 4 is 11.9 Å². The number of carboxylic acid groups (broad SMARTS) is 1. The first kappa shape index (κ1) is 16.8. The van der Waals surface area contributed by atoms with Crippen LogP contribution >= 0.6 is 0 Å². The van der Waals surface area contributed by atoms with Gasteiger partial charge in [-0.15, -0.1) is 0 Å². The van der Waals surface area contributed by atoms with Gasteiger partial charge in [0.15, 0.2) is 12.7 Å². The first-order valence-corrected chi connectivity index (χ1v) is 8.07. The molecule has 1 unspecified atom stereocenters. The molecule has 0 aliphatic carbocycles. The fourth-order valence-corrected chi connectivity index (χ4v) is 2.67. The van der Waals surface area contributed by atoms with E-state index in [0.29, 0.717) is 25.1 Å². The molecule has 0 saturated heterocycles. The lowest BCUT2D eigenvalue weighted by molar-refractivity contribution is -0.139. The fourth-order valence-electron chi connectivity index (χ4n) is 2.67. The number of carbonyl (C=O) groups is 2. The number of ether oxygens (including phenoxy) is 2. The molecular weight excluding hydrogens is 322 g/mol. The topological polar surface area (TPSA) is 84.9 Å². The lowest BCUT2D eigenvalue weighted by Gasteiger charge is -2.11. The molecular formula is C19H19NO5. The SMILES string of the molecule is O=C(O)COc1ccc(CCNC(=O)C2Cc3ccccc3O2)cc1. The highest BCUT2D eigenvalue weighted by Gasteiger charge is 2.28. The van der Waals surface area contributed by atoms with Crippen LogP contribution < -0.4 is 14.8 Å². The Morgan fingerprint density at radius 2 is 1.92 bits per heavy atom. The third-order valence-electron chi connectivity index (χ3n) is 3.94. The summed E-state index contributed by atoms with van der Waals surface area (Å²) in [5.74, 6) is 0.160. The zero-order valence-corrected chi connectivity index (χ0v) is 13.6. The van der Waals surface area contributed by atoms with Crippen molar-refractivity contribution in [3.63, 3.8) is 0 Å². The number of carboxylic acids is 1. The Kier molecular flexibility index (Phi) is 5.18. The van der Waals surface area contributed by atoms with Crippen molar-refractivity contribution in [2.45, 2.75) is 18.9 Å². The number of rotatable bonds is 7. The van der Waals surface area contributed by atoms with Crippen LogP contribution in [-0.4, -0.2) is 36.2 Å². The van der Waals surface area contributed by atoms with E-state index < -0.39 is 12.1 Å². The van der Waals surface area contributed by atoms with Gasteiger partial charge in [-0.2, -0.15) is 0 Å². The minimum Gasteiger partial charge on any atom is -0.482 e. The molecule has 6 heteroatoms. The zero-order chi connectivity index (χ0) is 17.6. The van der Waals surface area contributed by atoms with Crippen molar-refractivity contribution in [3.05, 3.63) is 59.7 Å². The van der Waals surface area contributed by atoms with E-state index in [9.17, 15) is 9.59 Å². The molecule has 25 heavy (non-hydrogen) atoms. The van der Waals surface area contributed by atoms with Gasteiger partial charge in [0, 0.05) is 13.0 Å². The normalized spacial score (nSPS) is 15.1. The monoisotopic (exact) mass is 341 g/mol. The van der Waals surface area contributed by atoms with Crippen molar-refractivity contribution in [2.24, 2.45) is 0 Å². The summed E-state index contributed by atoms with van der Waals surface area (Å²) in [4.78, 5) is 22.6. The summed E-state index contributed by atoms with van der Waals surface area (Å²) in [6.45, 7) is 0.142. The van der Waals surface area contributed by atoms with Gasteiger partial charge in [-0.05, 0) is 35.7 Å². The maximum atomic E-state index is 12.2. The molecule has 0 saturated carbocycles. The quantitative estimate of drug-likeness (QED) is 0.802. The van der Waals surface area contributed by atoms with Crippen LogP contribution in [0.4, 0.5) is 0 Å². The molecule has 0 fully saturated rings. The largest absolute Gasteiger partial charge is 0.482 e. The van der Waals surface area contributed by atoms with E-state index in [2.05, 4.69) is 5.32 Å². The van der Waals surface area contributed by atoms with Gasteiger partial charge in [-0.3, -0.25) is 4.79 Å². The predicted octanol–water partition coefficient (Wildman–Crippen LogP) is 1.81. The van der Waals surface area contributed by atoms with Crippen molar-refractivity contribution < 1.29 is 24.2 Å². The summed E-state index contributed by atoms with van der Waals surface area (Å²) in [5, 5.41) is 11.5. The van der Waals surface area contributed by atoms with E-state index in [1.807, 2.05) is 36.4 Å². The van der Waals surface area contributed by atoms with Crippen LogP contribution in [0.2, 0.25) is 0 Å². The number of amides is 1. The minimum atomic E-state index is -1.01. The van der Waals surface area contributed by atoms with Gasteiger partial charge in [-0.25, -0.2) is 4.79 Å². The van der Waals surface area contributed by atoms with Gasteiger partial charge in [0.1, 0.15) is 11.5 Å². The Morgan fingerprint density at radius 1 is 1.16 bits per heavy atom. The number of hydrogen-bond acceptors (Lipinski definition) is 4. The van der Waals surface area contributed by atoms with Crippen molar-refractivity contribution in [3.8, 4) is 11.5 Å². The molecule has 2 aromatic rings. The zero-order valence-electron chi connectivity index (χ0n) is 13.6. The van der Waals surface area contributed by atoms with Crippen molar-refractivity contribution in [1.82, 2.24) is 5.32 Å². The van der Waals surface area contributed by atoms with E-state index in [1.54, 1.807) is 12.1 Å². The number of benzene rings is 2. The van der Waals surface area contributed by atoms with Gasteiger partial charge in [0.25, 0.3) is 5.91 Å². The Balaban J connectivity index is 1.42. The molecule has 1 atom stereocenters. The van der Waals surface area contributed by atoms with Gasteiger partial charge in [-0.1, -0.05) is 30.3 Å². The lowest BCUT2D eigenvalue weighted by Crippen LogP contribution is -2.38. The number of para-hydroxylation sites is 1. The van der Waals surface area contributed by atoms with Crippen LogP contribution in [0, 0.1) is 0 Å². The molecule has 0 spiro atoms. The van der Waals surface area contributed by atoms with Crippen molar-refractivity contribution in [2.75, 3.05) is 13.2 Å². The molecule has 3 rings (SSSR count). The summed E-state index contributed by atoms with van der Waals surface area (Å²) in [7, 11) is 0. The average Bonchev–Trinajstić information content (AvgIpc) is 3.05. The second-order valence-corrected chi connectivity index (χ2v) is 5.79. The number of hydrogen-bond donors (Lipinski definition) is 2. The molecule has 1 aliphatic heterocycles. The molecule has 0 bridgehead atoms. The first-order valence-electron chi connectivity index (χ1n) is 8.07. The number of carbonyl (C=O) groups excluding carboxylic acids is 1. The summed E-state index contributed by atoms with van der Waals surface area (Å²) in [6.07, 6.45) is 0.798. The molecule has 130 valence electrons. The Hall–Kier alpha value is -3.02. The maximum Gasteiger partial charge on any atom is 0.341 e. The molecule has 0 radical (unpaired) electrons. The molecule has 0 aromatic heterocycles. The Labute approximate surface area is 145 Å². The average molecular weight is 341 g/mol. The molecule has 6 nitrogen and oxygen atoms in total. The highest BCUT2D eigenvalue weighted by atomic mass is 16.5. The van der Waals surface area contributed by atoms with Crippen LogP contribution in [-0.2, 0) is 22.4 Å². The molecule has 2 N–H and O–H groups in total. The van der Waals surface area contributed by atoms with E-state index in [0.717, 1.165) is 16.9 Å². The van der Waals surface area contributed by atoms with Crippen LogP contribution in [0.5, 0.6) is 11.5 Å². The second kappa shape index (κ2) is 7.70. The second-order valence-electron chi connectivity index (χ2n) is 5.79. The number of nitrogens with one attached hydrogen (secondary N) is 1. The van der Waals surface area contributed by atoms with Crippen LogP contribution in [0.1, 0.15) is 11.1 Å². The molecule has 1 aliphatic rings. The third kappa shape index (κ3) is 4.50. The number of fused-ring (bicyclic) bond motifs is 1. The lowest BCUT2D eigenvalue weighted by atomic mass is 10.1. The molecule has 2 aromatic carbocycles. The van der Waals surface area contributed by atoms with Crippen molar-refractivity contribution in [1.29, 1.82) is 0 Å².